The molecule has 1 amide bonds. The lowest BCUT2D eigenvalue weighted by Crippen LogP contribution is -2.28. The van der Waals surface area contributed by atoms with Crippen molar-refractivity contribution in [2.45, 2.75) is 26.7 Å². The van der Waals surface area contributed by atoms with Crippen LogP contribution in [0.4, 0.5) is 4.39 Å². The van der Waals surface area contributed by atoms with E-state index in [0.717, 1.165) is 5.56 Å². The van der Waals surface area contributed by atoms with Crippen LogP contribution in [0.5, 0.6) is 0 Å². The Kier molecular flexibility index (Phi) is 3.39. The van der Waals surface area contributed by atoms with Gasteiger partial charge in [-0.05, 0) is 29.5 Å². The number of nitrogens with zero attached hydrogens (tertiary/aromatic N) is 1. The van der Waals surface area contributed by atoms with Gasteiger partial charge in [0.25, 0.3) is 0 Å². The molecule has 0 saturated heterocycles. The van der Waals surface area contributed by atoms with E-state index in [1.54, 1.807) is 20.0 Å². The van der Waals surface area contributed by atoms with Gasteiger partial charge in [-0.3, -0.25) is 9.63 Å². The summed E-state index contributed by atoms with van der Waals surface area (Å²) in [5, 5.41) is 1.27. The molecule has 2 unspecified atom stereocenters. The molecule has 2 rings (SSSR count). The van der Waals surface area contributed by atoms with Crippen LogP contribution in [0.15, 0.2) is 18.2 Å². The SMILES string of the molecule is CON(C)C(=O)C1C(c2ccc(F)c(C)c2)C1(C)C. The predicted octanol–water partition coefficient (Wildman–Crippen LogP) is 2.89. The fourth-order valence-electron chi connectivity index (χ4n) is 2.87. The molecule has 1 aliphatic carbocycles. The highest BCUT2D eigenvalue weighted by Gasteiger charge is 2.63. The van der Waals surface area contributed by atoms with Gasteiger partial charge in [0.15, 0.2) is 0 Å². The minimum atomic E-state index is -0.209. The summed E-state index contributed by atoms with van der Waals surface area (Å²) in [5.41, 5.74) is 1.52. The topological polar surface area (TPSA) is 29.5 Å². The molecule has 1 aliphatic rings. The van der Waals surface area contributed by atoms with E-state index in [2.05, 4.69) is 13.8 Å². The molecule has 0 spiro atoms. The normalized spacial score (nSPS) is 24.1. The average Bonchev–Trinajstić information content (AvgIpc) is 2.93. The monoisotopic (exact) mass is 265 g/mol. The van der Waals surface area contributed by atoms with Gasteiger partial charge in [0.2, 0.25) is 5.91 Å². The number of carbonyl (C=O) groups is 1. The Hall–Kier alpha value is -1.42. The molecule has 1 saturated carbocycles. The van der Waals surface area contributed by atoms with Gasteiger partial charge in [-0.25, -0.2) is 9.45 Å². The molecule has 0 aliphatic heterocycles. The van der Waals surface area contributed by atoms with E-state index >= 15 is 0 Å². The van der Waals surface area contributed by atoms with E-state index in [0.29, 0.717) is 5.56 Å². The van der Waals surface area contributed by atoms with Crippen molar-refractivity contribution in [2.75, 3.05) is 14.2 Å². The number of hydroxylamine groups is 2. The van der Waals surface area contributed by atoms with Crippen LogP contribution < -0.4 is 0 Å². The maximum atomic E-state index is 13.3. The molecular weight excluding hydrogens is 245 g/mol. The zero-order chi connectivity index (χ0) is 14.4. The molecule has 4 heteroatoms. The van der Waals surface area contributed by atoms with Gasteiger partial charge in [0.05, 0.1) is 13.0 Å². The number of hydrogen-bond donors (Lipinski definition) is 0. The van der Waals surface area contributed by atoms with Gasteiger partial charge in [-0.2, -0.15) is 0 Å². The number of rotatable bonds is 3. The first kappa shape index (κ1) is 14.0. The molecule has 104 valence electrons. The quantitative estimate of drug-likeness (QED) is 0.786. The summed E-state index contributed by atoms with van der Waals surface area (Å²) in [7, 11) is 3.09. The summed E-state index contributed by atoms with van der Waals surface area (Å²) in [6, 6.07) is 5.08. The lowest BCUT2D eigenvalue weighted by atomic mass is 10.0. The van der Waals surface area contributed by atoms with E-state index in [4.69, 9.17) is 4.84 Å². The lowest BCUT2D eigenvalue weighted by molar-refractivity contribution is -0.171. The Bertz CT molecular complexity index is 513. The van der Waals surface area contributed by atoms with E-state index in [9.17, 15) is 9.18 Å². The van der Waals surface area contributed by atoms with Crippen LogP contribution in [0, 0.1) is 24.1 Å². The third kappa shape index (κ3) is 2.25. The number of halogens is 1. The summed E-state index contributed by atoms with van der Waals surface area (Å²) in [6.45, 7) is 5.86. The van der Waals surface area contributed by atoms with Crippen LogP contribution in [-0.2, 0) is 9.63 Å². The highest BCUT2D eigenvalue weighted by Crippen LogP contribution is 2.64. The van der Waals surface area contributed by atoms with Gasteiger partial charge in [-0.15, -0.1) is 0 Å². The predicted molar refractivity (Wildman–Crippen MR) is 70.9 cm³/mol. The lowest BCUT2D eigenvalue weighted by Gasteiger charge is -2.14. The van der Waals surface area contributed by atoms with Crippen molar-refractivity contribution in [3.8, 4) is 0 Å². The average molecular weight is 265 g/mol. The first-order valence-electron chi connectivity index (χ1n) is 6.38. The molecule has 3 nitrogen and oxygen atoms in total. The molecule has 1 fully saturated rings. The maximum absolute atomic E-state index is 13.3. The highest BCUT2D eigenvalue weighted by atomic mass is 19.1. The standard InChI is InChI=1S/C15H20FNO2/c1-9-8-10(6-7-11(9)16)12-13(15(12,2)3)14(18)17(4)19-5/h6-8,12-13H,1-5H3. The first-order chi connectivity index (χ1) is 8.80. The first-order valence-corrected chi connectivity index (χ1v) is 6.38. The minimum Gasteiger partial charge on any atom is -0.275 e. The second kappa shape index (κ2) is 4.60. The third-order valence-corrected chi connectivity index (χ3v) is 4.22. The molecule has 0 heterocycles. The van der Waals surface area contributed by atoms with E-state index in [1.165, 1.54) is 18.2 Å². The number of aryl methyl sites for hydroxylation is 1. The molecule has 19 heavy (non-hydrogen) atoms. The summed E-state index contributed by atoms with van der Waals surface area (Å²) in [4.78, 5) is 17.2. The van der Waals surface area contributed by atoms with Gasteiger partial charge < -0.3 is 0 Å². The fourth-order valence-corrected chi connectivity index (χ4v) is 2.87. The number of hydrogen-bond acceptors (Lipinski definition) is 2. The molecule has 1 aromatic carbocycles. The van der Waals surface area contributed by atoms with Crippen LogP contribution in [0.1, 0.15) is 30.9 Å². The summed E-state index contributed by atoms with van der Waals surface area (Å²) >= 11 is 0. The highest BCUT2D eigenvalue weighted by molar-refractivity contribution is 5.83. The van der Waals surface area contributed by atoms with Crippen molar-refractivity contribution in [2.24, 2.45) is 11.3 Å². The summed E-state index contributed by atoms with van der Waals surface area (Å²) < 4.78 is 13.3. The van der Waals surface area contributed by atoms with Gasteiger partial charge >= 0.3 is 0 Å². The zero-order valence-electron chi connectivity index (χ0n) is 12.0. The Balaban J connectivity index is 2.26. The van der Waals surface area contributed by atoms with Crippen molar-refractivity contribution in [3.63, 3.8) is 0 Å². The van der Waals surface area contributed by atoms with Crippen molar-refractivity contribution in [1.82, 2.24) is 5.06 Å². The summed E-state index contributed by atoms with van der Waals surface area (Å²) in [6.07, 6.45) is 0. The zero-order valence-corrected chi connectivity index (χ0v) is 12.0. The van der Waals surface area contributed by atoms with E-state index in [-0.39, 0.29) is 29.0 Å². The van der Waals surface area contributed by atoms with Crippen LogP contribution in [0.3, 0.4) is 0 Å². The minimum absolute atomic E-state index is 0.0283. The van der Waals surface area contributed by atoms with Gasteiger partial charge in [-0.1, -0.05) is 26.0 Å². The second-order valence-corrected chi connectivity index (χ2v) is 5.80. The fraction of sp³-hybridized carbons (Fsp3) is 0.533. The number of benzene rings is 1. The molecule has 2 atom stereocenters. The van der Waals surface area contributed by atoms with Crippen molar-refractivity contribution in [3.05, 3.63) is 35.1 Å². The molecule has 0 bridgehead atoms. The Morgan fingerprint density at radius 1 is 1.42 bits per heavy atom. The van der Waals surface area contributed by atoms with Gasteiger partial charge in [0, 0.05) is 13.0 Å². The number of carbonyl (C=O) groups excluding carboxylic acids is 1. The Morgan fingerprint density at radius 2 is 2.05 bits per heavy atom. The smallest absolute Gasteiger partial charge is 0.250 e. The largest absolute Gasteiger partial charge is 0.275 e. The Labute approximate surface area is 113 Å². The van der Waals surface area contributed by atoms with Gasteiger partial charge in [0.1, 0.15) is 5.82 Å². The summed E-state index contributed by atoms with van der Waals surface area (Å²) in [5.74, 6) is -0.224. The third-order valence-electron chi connectivity index (χ3n) is 4.22. The van der Waals surface area contributed by atoms with Crippen molar-refractivity contribution >= 4 is 5.91 Å². The van der Waals surface area contributed by atoms with E-state index in [1.807, 2.05) is 6.07 Å². The van der Waals surface area contributed by atoms with Crippen LogP contribution in [0.25, 0.3) is 0 Å². The van der Waals surface area contributed by atoms with Crippen LogP contribution >= 0.6 is 0 Å². The molecule has 0 N–H and O–H groups in total. The Morgan fingerprint density at radius 3 is 2.58 bits per heavy atom. The maximum Gasteiger partial charge on any atom is 0.250 e. The molecular formula is C15H20FNO2. The second-order valence-electron chi connectivity index (χ2n) is 5.80. The van der Waals surface area contributed by atoms with Crippen molar-refractivity contribution < 1.29 is 14.0 Å². The number of amides is 1. The molecule has 0 radical (unpaired) electrons. The van der Waals surface area contributed by atoms with E-state index < -0.39 is 0 Å². The van der Waals surface area contributed by atoms with Crippen molar-refractivity contribution in [1.29, 1.82) is 0 Å². The molecule has 1 aromatic rings. The van der Waals surface area contributed by atoms with Crippen LogP contribution in [0.2, 0.25) is 0 Å². The van der Waals surface area contributed by atoms with Crippen LogP contribution in [-0.4, -0.2) is 25.1 Å². The molecule has 0 aromatic heterocycles.